The fourth-order valence-corrected chi connectivity index (χ4v) is 4.91. The molecule has 0 saturated carbocycles. The second-order valence-electron chi connectivity index (χ2n) is 9.59. The number of nitrogens with zero attached hydrogens (tertiary/aromatic N) is 5. The molecule has 3 aliphatic rings. The van der Waals surface area contributed by atoms with E-state index in [4.69, 9.17) is 4.99 Å². The molecule has 1 saturated heterocycles. The smallest absolute Gasteiger partial charge is 0.243 e. The number of fused-ring (bicyclic) bond motifs is 1. The minimum Gasteiger partial charge on any atom is -0.861 e. The van der Waals surface area contributed by atoms with Gasteiger partial charge in [0.2, 0.25) is 5.91 Å². The molecule has 5 rings (SSSR count). The minimum absolute atomic E-state index is 0.140. The predicted octanol–water partition coefficient (Wildman–Crippen LogP) is 2.19. The molecule has 8 heteroatoms. The summed E-state index contributed by atoms with van der Waals surface area (Å²) in [4.78, 5) is 25.2. The van der Waals surface area contributed by atoms with Crippen molar-refractivity contribution >= 4 is 23.3 Å². The third kappa shape index (κ3) is 4.50. The number of benzene rings is 1. The molecule has 0 bridgehead atoms. The molecule has 184 valence electrons. The maximum Gasteiger partial charge on any atom is 0.243 e. The quantitative estimate of drug-likeness (QED) is 0.411. The summed E-state index contributed by atoms with van der Waals surface area (Å²) < 4.78 is 1.70. The van der Waals surface area contributed by atoms with Gasteiger partial charge in [0.25, 0.3) is 0 Å². The molecule has 1 aromatic carbocycles. The highest BCUT2D eigenvalue weighted by atomic mass is 16.3. The Hall–Kier alpha value is -3.96. The number of hydrogen-bond donors (Lipinski definition) is 1. The lowest BCUT2D eigenvalue weighted by atomic mass is 9.71. The molecule has 0 spiro atoms. The Balaban J connectivity index is 1.56. The molecule has 8 nitrogen and oxygen atoms in total. The second kappa shape index (κ2) is 9.59. The lowest BCUT2D eigenvalue weighted by molar-refractivity contribution is -0.221. The summed E-state index contributed by atoms with van der Waals surface area (Å²) in [7, 11) is 1.84. The molecule has 2 aromatic rings. The molecule has 1 aromatic heterocycles. The van der Waals surface area contributed by atoms with Gasteiger partial charge in [-0.2, -0.15) is 5.10 Å². The Morgan fingerprint density at radius 1 is 1.33 bits per heavy atom. The molecule has 3 heterocycles. The number of hydrogen-bond acceptors (Lipinski definition) is 6. The van der Waals surface area contributed by atoms with Crippen LogP contribution >= 0.6 is 0 Å². The highest BCUT2D eigenvalue weighted by molar-refractivity contribution is 6.22. The lowest BCUT2D eigenvalue weighted by Gasteiger charge is -2.41. The third-order valence-electron chi connectivity index (χ3n) is 6.79. The van der Waals surface area contributed by atoms with Gasteiger partial charge in [-0.25, -0.2) is 4.99 Å². The van der Waals surface area contributed by atoms with Crippen molar-refractivity contribution in [3.05, 3.63) is 72.2 Å². The summed E-state index contributed by atoms with van der Waals surface area (Å²) in [6, 6.07) is 8.53. The number of aryl methyl sites for hydroxylation is 1. The van der Waals surface area contributed by atoms with Crippen LogP contribution in [-0.4, -0.2) is 46.0 Å². The molecule has 1 fully saturated rings. The van der Waals surface area contributed by atoms with E-state index in [-0.39, 0.29) is 17.8 Å². The van der Waals surface area contributed by atoms with E-state index in [2.05, 4.69) is 27.2 Å². The van der Waals surface area contributed by atoms with E-state index >= 15 is 0 Å². The van der Waals surface area contributed by atoms with Crippen LogP contribution in [0.3, 0.4) is 0 Å². The summed E-state index contributed by atoms with van der Waals surface area (Å²) in [6.45, 7) is 4.58. The molecular formula is C28H29N6O2-. The number of carbonyl (C=O) groups is 1. The van der Waals surface area contributed by atoms with Gasteiger partial charge in [0, 0.05) is 19.3 Å². The standard InChI is InChI=1S/C28H30N6O2/c1-19(31-26(35)23-12-8-16-29-23)25-32-22-11-7-14-28(2,15-13-20-17-30-33(3)18-20)24(22)27(36)34(25)21-9-5-4-6-10-21/h4-7,9-11,14,17-19,23-24,29H,8,12,16H2,1-3H3,(H,31,35)/p-1. The van der Waals surface area contributed by atoms with E-state index in [1.165, 1.54) is 0 Å². The van der Waals surface area contributed by atoms with E-state index in [0.29, 0.717) is 17.2 Å². The van der Waals surface area contributed by atoms with Crippen molar-refractivity contribution in [3.8, 4) is 11.8 Å². The topological polar surface area (TPSA) is 97.9 Å². The second-order valence-corrected chi connectivity index (χ2v) is 9.59. The Kier molecular flexibility index (Phi) is 6.33. The zero-order valence-corrected chi connectivity index (χ0v) is 20.7. The fraction of sp³-hybridized carbons (Fsp3) is 0.357. The number of amidine groups is 1. The molecule has 1 amide bonds. The Bertz CT molecular complexity index is 1340. The molecule has 4 atom stereocenters. The van der Waals surface area contributed by atoms with Gasteiger partial charge in [0.1, 0.15) is 17.8 Å². The number of allylic oxidation sites excluding steroid dienone is 3. The minimum atomic E-state index is -0.775. The van der Waals surface area contributed by atoms with E-state index in [0.717, 1.165) is 24.9 Å². The van der Waals surface area contributed by atoms with Gasteiger partial charge in [-0.1, -0.05) is 42.2 Å². The largest absolute Gasteiger partial charge is 0.861 e. The summed E-state index contributed by atoms with van der Waals surface area (Å²) in [5.74, 6) is 5.98. The number of para-hydroxylation sites is 1. The lowest BCUT2D eigenvalue weighted by Crippen LogP contribution is -2.53. The Labute approximate surface area is 211 Å². The first kappa shape index (κ1) is 23.8. The van der Waals surface area contributed by atoms with E-state index in [1.54, 1.807) is 15.8 Å². The number of nitrogens with one attached hydrogen (secondary N) is 1. The number of rotatable bonds is 4. The average Bonchev–Trinajstić information content (AvgIpc) is 3.55. The predicted molar refractivity (Wildman–Crippen MR) is 138 cm³/mol. The van der Waals surface area contributed by atoms with Gasteiger partial charge in [-0.05, 0) is 57.3 Å². The van der Waals surface area contributed by atoms with Gasteiger partial charge in [-0.3, -0.25) is 19.4 Å². The molecular weight excluding hydrogens is 452 g/mol. The van der Waals surface area contributed by atoms with Crippen LogP contribution in [0.5, 0.6) is 0 Å². The number of aromatic nitrogens is 2. The summed E-state index contributed by atoms with van der Waals surface area (Å²) >= 11 is 0. The van der Waals surface area contributed by atoms with Crippen LogP contribution in [0.25, 0.3) is 0 Å². The van der Waals surface area contributed by atoms with Crippen LogP contribution in [0.4, 0.5) is 5.69 Å². The summed E-state index contributed by atoms with van der Waals surface area (Å²) in [5, 5.41) is 20.2. The van der Waals surface area contributed by atoms with Crippen LogP contribution in [0.1, 0.15) is 32.3 Å². The first-order valence-electron chi connectivity index (χ1n) is 12.2. The molecule has 2 aliphatic heterocycles. The summed E-state index contributed by atoms with van der Waals surface area (Å²) in [6.07, 6.45) is 11.0. The van der Waals surface area contributed by atoms with Crippen molar-refractivity contribution in [1.29, 1.82) is 0 Å². The Morgan fingerprint density at radius 3 is 2.83 bits per heavy atom. The normalized spacial score (nSPS) is 26.6. The van der Waals surface area contributed by atoms with Gasteiger partial charge in [0.05, 0.1) is 28.6 Å². The first-order chi connectivity index (χ1) is 17.4. The molecule has 1 N–H and O–H groups in total. The third-order valence-corrected chi connectivity index (χ3v) is 6.79. The number of amides is 1. The van der Waals surface area contributed by atoms with Gasteiger partial charge in [-0.15, -0.1) is 0 Å². The van der Waals surface area contributed by atoms with Crippen LogP contribution < -0.4 is 15.3 Å². The molecule has 4 unspecified atom stereocenters. The maximum absolute atomic E-state index is 14.2. The van der Waals surface area contributed by atoms with Crippen molar-refractivity contribution in [3.63, 3.8) is 0 Å². The zero-order valence-electron chi connectivity index (χ0n) is 20.7. The Morgan fingerprint density at radius 2 is 2.14 bits per heavy atom. The van der Waals surface area contributed by atoms with Crippen LogP contribution in [0.2, 0.25) is 0 Å². The van der Waals surface area contributed by atoms with Crippen molar-refractivity contribution in [2.75, 3.05) is 11.4 Å². The molecule has 36 heavy (non-hydrogen) atoms. The van der Waals surface area contributed by atoms with Crippen molar-refractivity contribution in [2.45, 2.75) is 38.8 Å². The number of carbonyl (C=O) groups excluding carboxylic acids is 1. The van der Waals surface area contributed by atoms with Gasteiger partial charge >= 0.3 is 0 Å². The average molecular weight is 482 g/mol. The molecule has 0 radical (unpaired) electrons. The van der Waals surface area contributed by atoms with E-state index < -0.39 is 17.4 Å². The zero-order chi connectivity index (χ0) is 25.3. The first-order valence-corrected chi connectivity index (χ1v) is 12.2. The van der Waals surface area contributed by atoms with Crippen molar-refractivity contribution < 1.29 is 9.90 Å². The van der Waals surface area contributed by atoms with Gasteiger partial charge < -0.3 is 10.4 Å². The van der Waals surface area contributed by atoms with Crippen LogP contribution in [-0.2, 0) is 11.8 Å². The SMILES string of the molecule is CC(N=C([O-])C1CCCN1)C1=NC2=CC=CC(C)(C#Cc3cnn(C)c3)C2C(=O)N1c1ccccc1. The highest BCUT2D eigenvalue weighted by Gasteiger charge is 2.47. The summed E-state index contributed by atoms with van der Waals surface area (Å²) in [5.41, 5.74) is 1.32. The monoisotopic (exact) mass is 481 g/mol. The fourth-order valence-electron chi connectivity index (χ4n) is 4.91. The van der Waals surface area contributed by atoms with Gasteiger partial charge in [0.15, 0.2) is 0 Å². The van der Waals surface area contributed by atoms with Crippen LogP contribution in [0, 0.1) is 23.2 Å². The number of aliphatic imine (C=N–C) groups is 2. The van der Waals surface area contributed by atoms with E-state index in [9.17, 15) is 9.90 Å². The molecule has 1 aliphatic carbocycles. The van der Waals surface area contributed by atoms with E-state index in [1.807, 2.05) is 75.7 Å². The maximum atomic E-state index is 14.2. The van der Waals surface area contributed by atoms with Crippen molar-refractivity contribution in [2.24, 2.45) is 28.4 Å². The number of anilines is 1. The van der Waals surface area contributed by atoms with Crippen molar-refractivity contribution in [1.82, 2.24) is 15.1 Å². The van der Waals surface area contributed by atoms with Crippen LogP contribution in [0.15, 0.2) is 76.6 Å². The highest BCUT2D eigenvalue weighted by Crippen LogP contribution is 2.42.